The lowest BCUT2D eigenvalue weighted by Crippen LogP contribution is -2.51. The molecule has 3 N–H and O–H groups in total. The fourth-order valence-corrected chi connectivity index (χ4v) is 3.88. The summed E-state index contributed by atoms with van der Waals surface area (Å²) in [4.78, 5) is 5.86. The molecular formula is C15H27N3S. The van der Waals surface area contributed by atoms with Gasteiger partial charge < -0.3 is 11.1 Å². The van der Waals surface area contributed by atoms with Gasteiger partial charge in [-0.1, -0.05) is 26.7 Å². The first-order chi connectivity index (χ1) is 9.02. The van der Waals surface area contributed by atoms with Crippen LogP contribution in [0.5, 0.6) is 0 Å². The lowest BCUT2D eigenvalue weighted by atomic mass is 9.77. The van der Waals surface area contributed by atoms with Gasteiger partial charge in [0, 0.05) is 23.2 Å². The van der Waals surface area contributed by atoms with E-state index >= 15 is 0 Å². The number of nitrogens with zero attached hydrogens (tertiary/aromatic N) is 1. The van der Waals surface area contributed by atoms with E-state index in [9.17, 15) is 0 Å². The molecule has 0 aliphatic heterocycles. The molecule has 3 atom stereocenters. The van der Waals surface area contributed by atoms with Crippen molar-refractivity contribution in [3.63, 3.8) is 0 Å². The maximum atomic E-state index is 6.53. The van der Waals surface area contributed by atoms with Gasteiger partial charge in [0.25, 0.3) is 0 Å². The second-order valence-corrected chi connectivity index (χ2v) is 7.33. The van der Waals surface area contributed by atoms with E-state index in [4.69, 9.17) is 5.73 Å². The third-order valence-corrected chi connectivity index (χ3v) is 5.50. The third kappa shape index (κ3) is 4.01. The highest BCUT2D eigenvalue weighted by molar-refractivity contribution is 7.11. The number of thiazole rings is 1. The fourth-order valence-electron chi connectivity index (χ4n) is 2.99. The van der Waals surface area contributed by atoms with Crippen LogP contribution in [0.25, 0.3) is 0 Å². The minimum atomic E-state index is -0.0171. The second kappa shape index (κ2) is 6.33. The quantitative estimate of drug-likeness (QED) is 0.871. The Kier molecular flexibility index (Phi) is 4.98. The van der Waals surface area contributed by atoms with Crippen LogP contribution in [-0.4, -0.2) is 17.1 Å². The van der Waals surface area contributed by atoms with E-state index in [-0.39, 0.29) is 5.54 Å². The summed E-state index contributed by atoms with van der Waals surface area (Å²) in [6.07, 6.45) is 7.97. The number of nitrogens with one attached hydrogen (secondary N) is 1. The summed E-state index contributed by atoms with van der Waals surface area (Å²) >= 11 is 1.81. The molecule has 0 spiro atoms. The maximum absolute atomic E-state index is 6.53. The first-order valence-electron chi connectivity index (χ1n) is 7.49. The lowest BCUT2D eigenvalue weighted by Gasteiger charge is -2.37. The monoisotopic (exact) mass is 281 g/mol. The van der Waals surface area contributed by atoms with Gasteiger partial charge in [-0.2, -0.15) is 0 Å². The number of hydrogen-bond donors (Lipinski definition) is 2. The van der Waals surface area contributed by atoms with Crippen LogP contribution in [-0.2, 0) is 6.42 Å². The summed E-state index contributed by atoms with van der Waals surface area (Å²) < 4.78 is 0. The topological polar surface area (TPSA) is 50.9 Å². The number of hydrogen-bond acceptors (Lipinski definition) is 4. The molecule has 0 amide bonds. The zero-order chi connectivity index (χ0) is 13.9. The zero-order valence-electron chi connectivity index (χ0n) is 12.4. The molecule has 1 aromatic heterocycles. The van der Waals surface area contributed by atoms with Crippen molar-refractivity contribution in [1.29, 1.82) is 0 Å². The molecule has 3 unspecified atom stereocenters. The maximum Gasteiger partial charge on any atom is 0.109 e. The molecule has 0 aromatic carbocycles. The summed E-state index contributed by atoms with van der Waals surface area (Å²) in [6, 6.07) is 0.308. The van der Waals surface area contributed by atoms with Crippen LogP contribution in [0.15, 0.2) is 6.20 Å². The number of rotatable bonds is 5. The Morgan fingerprint density at radius 3 is 3.05 bits per heavy atom. The number of aromatic nitrogens is 1. The first-order valence-corrected chi connectivity index (χ1v) is 8.31. The Morgan fingerprint density at radius 1 is 1.63 bits per heavy atom. The van der Waals surface area contributed by atoms with E-state index < -0.39 is 0 Å². The van der Waals surface area contributed by atoms with E-state index in [0.29, 0.717) is 6.04 Å². The molecule has 0 bridgehead atoms. The molecule has 1 saturated carbocycles. The molecular weight excluding hydrogens is 254 g/mol. The predicted molar refractivity (Wildman–Crippen MR) is 82.5 cm³/mol. The van der Waals surface area contributed by atoms with Crippen molar-refractivity contribution in [2.45, 2.75) is 64.5 Å². The third-order valence-electron chi connectivity index (χ3n) is 4.18. The highest BCUT2D eigenvalue weighted by Gasteiger charge is 2.31. The molecule has 1 aromatic rings. The van der Waals surface area contributed by atoms with Crippen LogP contribution in [0.4, 0.5) is 0 Å². The van der Waals surface area contributed by atoms with E-state index in [1.807, 2.05) is 17.5 Å². The molecule has 19 heavy (non-hydrogen) atoms. The van der Waals surface area contributed by atoms with Gasteiger partial charge in [0.1, 0.15) is 5.01 Å². The predicted octanol–water partition coefficient (Wildman–Crippen LogP) is 3.26. The van der Waals surface area contributed by atoms with Crippen molar-refractivity contribution < 1.29 is 0 Å². The number of nitrogens with two attached hydrogens (primary N) is 1. The van der Waals surface area contributed by atoms with Crippen LogP contribution in [0.2, 0.25) is 0 Å². The van der Waals surface area contributed by atoms with E-state index in [2.05, 4.69) is 31.1 Å². The normalized spacial score (nSPS) is 29.4. The Labute approximate surface area is 121 Å². The van der Waals surface area contributed by atoms with Gasteiger partial charge in [0.15, 0.2) is 0 Å². The van der Waals surface area contributed by atoms with E-state index in [0.717, 1.165) is 31.7 Å². The molecule has 0 radical (unpaired) electrons. The standard InChI is InChI=1S/C15H27N3S/c1-4-13-9-17-14(19-13)12(3)18-10-15(16)7-5-6-11(2)8-15/h9,11-12,18H,4-8,10,16H2,1-3H3. The van der Waals surface area contributed by atoms with Gasteiger partial charge in [-0.25, -0.2) is 4.98 Å². The van der Waals surface area contributed by atoms with Gasteiger partial charge >= 0.3 is 0 Å². The smallest absolute Gasteiger partial charge is 0.109 e. The molecule has 2 rings (SSSR count). The Balaban J connectivity index is 1.87. The van der Waals surface area contributed by atoms with Crippen LogP contribution >= 0.6 is 11.3 Å². The van der Waals surface area contributed by atoms with Crippen molar-refractivity contribution in [3.8, 4) is 0 Å². The summed E-state index contributed by atoms with van der Waals surface area (Å²) in [7, 11) is 0. The van der Waals surface area contributed by atoms with Crippen molar-refractivity contribution in [2.75, 3.05) is 6.54 Å². The Morgan fingerprint density at radius 2 is 2.42 bits per heavy atom. The summed E-state index contributed by atoms with van der Waals surface area (Å²) in [6.45, 7) is 7.58. The average Bonchev–Trinajstić information content (AvgIpc) is 2.84. The highest BCUT2D eigenvalue weighted by Crippen LogP contribution is 2.30. The molecule has 1 heterocycles. The van der Waals surface area contributed by atoms with Crippen LogP contribution < -0.4 is 11.1 Å². The van der Waals surface area contributed by atoms with Crippen molar-refractivity contribution in [2.24, 2.45) is 11.7 Å². The highest BCUT2D eigenvalue weighted by atomic mass is 32.1. The zero-order valence-corrected chi connectivity index (χ0v) is 13.2. The fraction of sp³-hybridized carbons (Fsp3) is 0.800. The molecule has 1 fully saturated rings. The van der Waals surface area contributed by atoms with Gasteiger partial charge in [0.05, 0.1) is 6.04 Å². The Hall–Kier alpha value is -0.450. The minimum Gasteiger partial charge on any atom is -0.324 e. The van der Waals surface area contributed by atoms with Gasteiger partial charge in [-0.15, -0.1) is 11.3 Å². The lowest BCUT2D eigenvalue weighted by molar-refractivity contribution is 0.224. The summed E-state index contributed by atoms with van der Waals surface area (Å²) in [5.41, 5.74) is 6.51. The summed E-state index contributed by atoms with van der Waals surface area (Å²) in [5.74, 6) is 0.766. The summed E-state index contributed by atoms with van der Waals surface area (Å²) in [5, 5.41) is 4.77. The largest absolute Gasteiger partial charge is 0.324 e. The Bertz CT molecular complexity index is 404. The molecule has 0 saturated heterocycles. The van der Waals surface area contributed by atoms with Crippen LogP contribution in [0.3, 0.4) is 0 Å². The van der Waals surface area contributed by atoms with Crippen molar-refractivity contribution in [3.05, 3.63) is 16.1 Å². The molecule has 108 valence electrons. The van der Waals surface area contributed by atoms with Gasteiger partial charge in [-0.05, 0) is 32.1 Å². The minimum absolute atomic E-state index is 0.0171. The van der Waals surface area contributed by atoms with Crippen LogP contribution in [0.1, 0.15) is 62.4 Å². The second-order valence-electron chi connectivity index (χ2n) is 6.18. The first kappa shape index (κ1) is 14.9. The van der Waals surface area contributed by atoms with Gasteiger partial charge in [0.2, 0.25) is 0 Å². The average molecular weight is 281 g/mol. The van der Waals surface area contributed by atoms with E-state index in [1.165, 1.54) is 22.7 Å². The SMILES string of the molecule is CCc1cnc(C(C)NCC2(N)CCCC(C)C2)s1. The van der Waals surface area contributed by atoms with Gasteiger partial charge in [-0.3, -0.25) is 0 Å². The molecule has 1 aliphatic rings. The van der Waals surface area contributed by atoms with E-state index in [1.54, 1.807) is 0 Å². The molecule has 4 heteroatoms. The van der Waals surface area contributed by atoms with Crippen molar-refractivity contribution in [1.82, 2.24) is 10.3 Å². The molecule has 1 aliphatic carbocycles. The molecule has 3 nitrogen and oxygen atoms in total. The van der Waals surface area contributed by atoms with Crippen molar-refractivity contribution >= 4 is 11.3 Å². The number of aryl methyl sites for hydroxylation is 1. The van der Waals surface area contributed by atoms with Crippen LogP contribution in [0, 0.1) is 5.92 Å².